The largest absolute Gasteiger partial charge is 0.456 e. The molecule has 1 heterocycles. The molecule has 0 radical (unpaired) electrons. The van der Waals surface area contributed by atoms with Gasteiger partial charge in [0.05, 0.1) is 0 Å². The Labute approximate surface area is 256 Å². The van der Waals surface area contributed by atoms with Gasteiger partial charge in [-0.1, -0.05) is 63.3 Å². The summed E-state index contributed by atoms with van der Waals surface area (Å²) >= 11 is 1.77. The van der Waals surface area contributed by atoms with Crippen LogP contribution in [0.5, 0.6) is 0 Å². The number of hydrogen-bond acceptors (Lipinski definition) is 4. The number of allylic oxidation sites excluding steroid dienone is 1. The van der Waals surface area contributed by atoms with Gasteiger partial charge in [0.25, 0.3) is 0 Å². The normalized spacial score (nSPS) is 36.2. The number of halogens is 5. The fraction of sp³-hybridized carbons (Fsp3) is 0.818. The molecule has 242 valence electrons. The SMILES string of the molecule is Cn1ccnc1SCCCCCCCC[C@@H]1CC2=CC(=O)CC[C@]2(C)[C@H]2CC[C@@]3(C)[C@@H](CC[C@@]3(O)C(F)(F)C(F)(F)F)[C@H]12. The minimum Gasteiger partial charge on any atom is -0.383 e. The van der Waals surface area contributed by atoms with E-state index < -0.39 is 35.5 Å². The van der Waals surface area contributed by atoms with Gasteiger partial charge in [0.2, 0.25) is 0 Å². The van der Waals surface area contributed by atoms with E-state index >= 15 is 8.78 Å². The monoisotopic (exact) mass is 630 g/mol. The molecule has 0 unspecified atom stereocenters. The molecule has 1 N–H and O–H groups in total. The summed E-state index contributed by atoms with van der Waals surface area (Å²) in [6.45, 7) is 3.68. The molecule has 0 amide bonds. The molecular formula is C33H47F5N2O2S. The van der Waals surface area contributed by atoms with Crippen molar-refractivity contribution in [1.29, 1.82) is 0 Å². The van der Waals surface area contributed by atoms with Gasteiger partial charge in [0, 0.05) is 37.0 Å². The van der Waals surface area contributed by atoms with Crippen molar-refractivity contribution in [3.8, 4) is 0 Å². The van der Waals surface area contributed by atoms with Crippen LogP contribution in [0, 0.1) is 34.5 Å². The Bertz CT molecular complexity index is 1200. The second-order valence-corrected chi connectivity index (χ2v) is 15.4. The summed E-state index contributed by atoms with van der Waals surface area (Å²) < 4.78 is 73.0. The Morgan fingerprint density at radius 2 is 1.67 bits per heavy atom. The number of unbranched alkanes of at least 4 members (excludes halogenated alkanes) is 5. The second kappa shape index (κ2) is 12.1. The quantitative estimate of drug-likeness (QED) is 0.151. The molecule has 5 rings (SSSR count). The molecule has 3 saturated carbocycles. The van der Waals surface area contributed by atoms with E-state index in [1.54, 1.807) is 18.0 Å². The van der Waals surface area contributed by atoms with Gasteiger partial charge in [-0.3, -0.25) is 4.79 Å². The van der Waals surface area contributed by atoms with Crippen LogP contribution in [0.15, 0.2) is 29.2 Å². The van der Waals surface area contributed by atoms with E-state index in [1.165, 1.54) is 6.92 Å². The number of alkyl halides is 5. The van der Waals surface area contributed by atoms with Crippen molar-refractivity contribution in [2.75, 3.05) is 5.75 Å². The lowest BCUT2D eigenvalue weighted by molar-refractivity contribution is -0.364. The number of aliphatic hydroxyl groups is 1. The van der Waals surface area contributed by atoms with Crippen molar-refractivity contribution in [3.63, 3.8) is 0 Å². The number of rotatable bonds is 11. The van der Waals surface area contributed by atoms with Crippen molar-refractivity contribution in [3.05, 3.63) is 24.0 Å². The zero-order valence-corrected chi connectivity index (χ0v) is 26.5. The van der Waals surface area contributed by atoms with Crippen LogP contribution in [0.1, 0.15) is 104 Å². The predicted octanol–water partition coefficient (Wildman–Crippen LogP) is 8.93. The molecule has 0 saturated heterocycles. The van der Waals surface area contributed by atoms with Crippen LogP contribution in [0.4, 0.5) is 22.0 Å². The number of ketones is 1. The lowest BCUT2D eigenvalue weighted by atomic mass is 9.43. The van der Waals surface area contributed by atoms with Gasteiger partial charge >= 0.3 is 12.1 Å². The predicted molar refractivity (Wildman–Crippen MR) is 158 cm³/mol. The first kappa shape index (κ1) is 33.0. The van der Waals surface area contributed by atoms with Gasteiger partial charge in [-0.15, -0.1) is 0 Å². The number of imidazole rings is 1. The number of carbonyl (C=O) groups excluding carboxylic acids is 1. The lowest BCUT2D eigenvalue weighted by Gasteiger charge is -2.62. The maximum absolute atomic E-state index is 15.0. The van der Waals surface area contributed by atoms with Crippen LogP contribution in [0.2, 0.25) is 0 Å². The Kier molecular flexibility index (Phi) is 9.25. The number of aryl methyl sites for hydroxylation is 1. The van der Waals surface area contributed by atoms with Gasteiger partial charge < -0.3 is 9.67 Å². The van der Waals surface area contributed by atoms with Gasteiger partial charge in [-0.05, 0) is 86.5 Å². The molecule has 0 aliphatic heterocycles. The van der Waals surface area contributed by atoms with Crippen LogP contribution in [0.25, 0.3) is 0 Å². The second-order valence-electron chi connectivity index (χ2n) is 14.3. The van der Waals surface area contributed by atoms with Crippen LogP contribution < -0.4 is 0 Å². The molecular weight excluding hydrogens is 583 g/mol. The number of nitrogens with zero attached hydrogens (tertiary/aromatic N) is 2. The standard InChI is InChI=1S/C33H47F5N2O2S/c1-29-14-11-24(41)21-23(29)20-22(10-8-6-4-5-7-9-19-43-28-39-17-18-40(28)3)27-25(29)12-15-30(2)26(27)13-16-31(30,42)32(34,35)33(36,37)38/h17-18,21-22,25-27,42H,4-16,19-20H2,1-3H3/t22-,25+,26+,27-,29+,30+,31+/m1/s1. The summed E-state index contributed by atoms with van der Waals surface area (Å²) in [5, 5.41) is 12.3. The van der Waals surface area contributed by atoms with Crippen LogP contribution in [0.3, 0.4) is 0 Å². The first-order valence-electron chi connectivity index (χ1n) is 16.2. The Morgan fingerprint density at radius 3 is 2.35 bits per heavy atom. The van der Waals surface area contributed by atoms with Crippen LogP contribution in [-0.4, -0.2) is 43.9 Å². The Balaban J connectivity index is 1.25. The highest BCUT2D eigenvalue weighted by Gasteiger charge is 2.79. The molecule has 1 aromatic rings. The number of fused-ring (bicyclic) bond motifs is 5. The van der Waals surface area contributed by atoms with Gasteiger partial charge in [0.1, 0.15) is 5.60 Å². The summed E-state index contributed by atoms with van der Waals surface area (Å²) in [5.74, 6) is -4.19. The van der Waals surface area contributed by atoms with Crippen molar-refractivity contribution < 1.29 is 31.9 Å². The molecule has 0 spiro atoms. The molecule has 4 aliphatic rings. The zero-order chi connectivity index (χ0) is 31.3. The number of aromatic nitrogens is 2. The van der Waals surface area contributed by atoms with Gasteiger partial charge in [-0.25, -0.2) is 4.98 Å². The van der Waals surface area contributed by atoms with Crippen molar-refractivity contribution in [2.24, 2.45) is 41.5 Å². The maximum Gasteiger partial charge on any atom is 0.456 e. The summed E-state index contributed by atoms with van der Waals surface area (Å²) in [7, 11) is 1.99. The molecule has 1 aromatic heterocycles. The maximum atomic E-state index is 15.0. The summed E-state index contributed by atoms with van der Waals surface area (Å²) in [6, 6.07) is 0. The molecule has 10 heteroatoms. The lowest BCUT2D eigenvalue weighted by Crippen LogP contribution is -2.66. The minimum absolute atomic E-state index is 0.0321. The highest BCUT2D eigenvalue weighted by atomic mass is 32.2. The third kappa shape index (κ3) is 5.63. The number of hydrogen-bond donors (Lipinski definition) is 1. The Hall–Kier alpha value is -1.42. The molecule has 0 aromatic carbocycles. The highest BCUT2D eigenvalue weighted by Crippen LogP contribution is 2.72. The van der Waals surface area contributed by atoms with E-state index in [9.17, 15) is 23.1 Å². The average Bonchev–Trinajstić information content (AvgIpc) is 3.47. The summed E-state index contributed by atoms with van der Waals surface area (Å²) in [6.07, 6.45) is 9.31. The molecule has 7 atom stereocenters. The van der Waals surface area contributed by atoms with Crippen LogP contribution >= 0.6 is 11.8 Å². The highest BCUT2D eigenvalue weighted by molar-refractivity contribution is 7.99. The molecule has 43 heavy (non-hydrogen) atoms. The summed E-state index contributed by atoms with van der Waals surface area (Å²) in [5.41, 5.74) is -3.71. The number of thioether (sulfide) groups is 1. The van der Waals surface area contributed by atoms with Gasteiger partial charge in [0.15, 0.2) is 10.9 Å². The average molecular weight is 631 g/mol. The molecule has 0 bridgehead atoms. The first-order valence-corrected chi connectivity index (χ1v) is 17.2. The smallest absolute Gasteiger partial charge is 0.383 e. The fourth-order valence-electron chi connectivity index (χ4n) is 9.64. The first-order chi connectivity index (χ1) is 20.2. The third-order valence-corrected chi connectivity index (χ3v) is 13.3. The van der Waals surface area contributed by atoms with E-state index in [4.69, 9.17) is 0 Å². The third-order valence-electron chi connectivity index (χ3n) is 12.1. The van der Waals surface area contributed by atoms with Crippen molar-refractivity contribution in [1.82, 2.24) is 9.55 Å². The van der Waals surface area contributed by atoms with E-state index in [1.807, 2.05) is 23.9 Å². The molecule has 4 nitrogen and oxygen atoms in total. The van der Waals surface area contributed by atoms with Crippen molar-refractivity contribution >= 4 is 17.5 Å². The summed E-state index contributed by atoms with van der Waals surface area (Å²) in [4.78, 5) is 16.8. The van der Waals surface area contributed by atoms with Crippen molar-refractivity contribution in [2.45, 2.75) is 127 Å². The molecule has 4 aliphatic carbocycles. The Morgan fingerprint density at radius 1 is 1.00 bits per heavy atom. The molecule has 3 fully saturated rings. The topological polar surface area (TPSA) is 55.1 Å². The fourth-order valence-corrected chi connectivity index (χ4v) is 10.6. The van der Waals surface area contributed by atoms with E-state index in [0.29, 0.717) is 25.7 Å². The number of carbonyl (C=O) groups is 1. The van der Waals surface area contributed by atoms with E-state index in [2.05, 4.69) is 11.9 Å². The van der Waals surface area contributed by atoms with E-state index in [-0.39, 0.29) is 41.8 Å². The van der Waals surface area contributed by atoms with E-state index in [0.717, 1.165) is 61.4 Å². The zero-order valence-electron chi connectivity index (χ0n) is 25.7. The van der Waals surface area contributed by atoms with Crippen LogP contribution in [-0.2, 0) is 11.8 Å². The van der Waals surface area contributed by atoms with Gasteiger partial charge in [-0.2, -0.15) is 22.0 Å². The minimum atomic E-state index is -5.80.